The van der Waals surface area contributed by atoms with Gasteiger partial charge in [0.1, 0.15) is 0 Å². The first kappa shape index (κ1) is 29.3. The first-order valence-corrected chi connectivity index (χ1v) is 13.0. The zero-order valence-corrected chi connectivity index (χ0v) is 22.1. The average molecular weight is 540 g/mol. The van der Waals surface area contributed by atoms with E-state index in [1.165, 1.54) is 23.1 Å². The lowest BCUT2D eigenvalue weighted by Gasteiger charge is -2.38. The summed E-state index contributed by atoms with van der Waals surface area (Å²) in [4.78, 5) is 43.9. The van der Waals surface area contributed by atoms with E-state index in [1.54, 1.807) is 18.7 Å². The third kappa shape index (κ3) is 6.77. The van der Waals surface area contributed by atoms with E-state index in [1.807, 2.05) is 11.8 Å². The minimum atomic E-state index is -4.68. The van der Waals surface area contributed by atoms with Crippen LogP contribution in [0.2, 0.25) is 0 Å². The van der Waals surface area contributed by atoms with Crippen LogP contribution in [0.3, 0.4) is 0 Å². The smallest absolute Gasteiger partial charge is 0.416 e. The molecule has 1 fully saturated rings. The fourth-order valence-electron chi connectivity index (χ4n) is 4.79. The minimum absolute atomic E-state index is 0.0215. The molecule has 3 rings (SSSR count). The van der Waals surface area contributed by atoms with Gasteiger partial charge in [-0.2, -0.15) is 13.2 Å². The number of carbonyl (C=O) groups is 3. The summed E-state index contributed by atoms with van der Waals surface area (Å²) >= 11 is 0. The van der Waals surface area contributed by atoms with Gasteiger partial charge in [-0.05, 0) is 38.3 Å². The van der Waals surface area contributed by atoms with Crippen molar-refractivity contribution in [2.45, 2.75) is 45.8 Å². The van der Waals surface area contributed by atoms with Crippen LogP contribution in [0, 0.1) is 0 Å². The van der Waals surface area contributed by atoms with Gasteiger partial charge < -0.3 is 20.3 Å². The molecule has 2 aliphatic rings. The molecule has 2 heterocycles. The number of carbonyl (C=O) groups excluding carboxylic acids is 3. The van der Waals surface area contributed by atoms with E-state index in [-0.39, 0.29) is 36.9 Å². The van der Waals surface area contributed by atoms with Crippen molar-refractivity contribution < 1.29 is 32.3 Å². The first-order valence-electron chi connectivity index (χ1n) is 13.0. The van der Waals surface area contributed by atoms with E-state index in [0.717, 1.165) is 12.5 Å². The number of ether oxygens (including phenoxy) is 1. The van der Waals surface area contributed by atoms with Gasteiger partial charge in [0.25, 0.3) is 0 Å². The first-order chi connectivity index (χ1) is 18.1. The molecule has 0 unspecified atom stereocenters. The van der Waals surface area contributed by atoms with Gasteiger partial charge in [0, 0.05) is 51.5 Å². The molecule has 2 N–H and O–H groups in total. The topological polar surface area (TPSA) is 94.2 Å². The number of esters is 1. The van der Waals surface area contributed by atoms with E-state index in [0.29, 0.717) is 44.8 Å². The summed E-state index contributed by atoms with van der Waals surface area (Å²) in [7, 11) is 0. The molecular formula is C26H36F3N5O4. The largest absolute Gasteiger partial charge is 0.463 e. The maximum atomic E-state index is 13.9. The highest BCUT2D eigenvalue weighted by molar-refractivity contribution is 5.95. The number of alkyl halides is 3. The quantitative estimate of drug-likeness (QED) is 0.491. The number of hydrogen-bond donors (Lipinski definition) is 2. The van der Waals surface area contributed by atoms with Crippen molar-refractivity contribution in [3.8, 4) is 0 Å². The molecule has 210 valence electrons. The lowest BCUT2D eigenvalue weighted by Crippen LogP contribution is -2.51. The standard InChI is InChI=1S/C26H36F3N5O4/c1-4-12-30-24(36)33-14-9-13-32(15-16-33)17-20-21(23(35)38-6-3)22(31-25(37)34(20)5-2)18-10-7-8-11-19(18)26(27,28)29/h7-8,10-11,22H,4-6,9,12-17H2,1-3H3,(H,30,36)(H,31,37)/t22-/m1/s1. The second-order valence-electron chi connectivity index (χ2n) is 9.14. The molecule has 0 bridgehead atoms. The number of urea groups is 2. The molecule has 1 atom stereocenters. The lowest BCUT2D eigenvalue weighted by molar-refractivity contribution is -0.141. The van der Waals surface area contributed by atoms with Crippen LogP contribution in [-0.2, 0) is 15.7 Å². The Bertz CT molecular complexity index is 1050. The van der Waals surface area contributed by atoms with Gasteiger partial charge in [-0.1, -0.05) is 25.1 Å². The van der Waals surface area contributed by atoms with Crippen molar-refractivity contribution >= 4 is 18.0 Å². The predicted octanol–water partition coefficient (Wildman–Crippen LogP) is 3.74. The molecule has 1 aromatic carbocycles. The Balaban J connectivity index is 2.01. The molecule has 0 aromatic heterocycles. The molecule has 0 aliphatic carbocycles. The summed E-state index contributed by atoms with van der Waals surface area (Å²) in [6, 6.07) is 2.85. The summed E-state index contributed by atoms with van der Waals surface area (Å²) in [5.41, 5.74) is -0.869. The van der Waals surface area contributed by atoms with Crippen LogP contribution in [0.15, 0.2) is 35.5 Å². The molecule has 4 amide bonds. The normalized spacial score (nSPS) is 19.2. The fourth-order valence-corrected chi connectivity index (χ4v) is 4.79. The summed E-state index contributed by atoms with van der Waals surface area (Å²) in [5, 5.41) is 5.48. The second-order valence-corrected chi connectivity index (χ2v) is 9.14. The van der Waals surface area contributed by atoms with Crippen molar-refractivity contribution in [1.29, 1.82) is 0 Å². The van der Waals surface area contributed by atoms with Crippen molar-refractivity contribution in [3.63, 3.8) is 0 Å². The monoisotopic (exact) mass is 539 g/mol. The van der Waals surface area contributed by atoms with Crippen molar-refractivity contribution in [2.75, 3.05) is 52.4 Å². The van der Waals surface area contributed by atoms with Gasteiger partial charge in [-0.3, -0.25) is 9.80 Å². The SMILES string of the molecule is CCCNC(=O)N1CCCN(CC2=C(C(=O)OCC)[C@@H](c3ccccc3C(F)(F)F)NC(=O)N2CC)CC1. The number of benzene rings is 1. The maximum Gasteiger partial charge on any atom is 0.416 e. The van der Waals surface area contributed by atoms with Crippen LogP contribution in [-0.4, -0.2) is 85.2 Å². The number of likely N-dealkylation sites (N-methyl/N-ethyl adjacent to an activating group) is 1. The highest BCUT2D eigenvalue weighted by Gasteiger charge is 2.42. The summed E-state index contributed by atoms with van der Waals surface area (Å²) in [6.07, 6.45) is -3.19. The summed E-state index contributed by atoms with van der Waals surface area (Å²) in [5.74, 6) is -0.779. The van der Waals surface area contributed by atoms with E-state index >= 15 is 0 Å². The van der Waals surface area contributed by atoms with E-state index in [2.05, 4.69) is 10.6 Å². The second kappa shape index (κ2) is 13.0. The highest BCUT2D eigenvalue weighted by Crippen LogP contribution is 2.39. The van der Waals surface area contributed by atoms with Gasteiger partial charge in [-0.25, -0.2) is 14.4 Å². The zero-order valence-electron chi connectivity index (χ0n) is 22.1. The lowest BCUT2D eigenvalue weighted by atomic mass is 9.90. The molecule has 9 nitrogen and oxygen atoms in total. The Morgan fingerprint density at radius 2 is 1.84 bits per heavy atom. The van der Waals surface area contributed by atoms with Crippen LogP contribution in [0.5, 0.6) is 0 Å². The Hall–Kier alpha value is -3.28. The van der Waals surface area contributed by atoms with Crippen LogP contribution >= 0.6 is 0 Å². The van der Waals surface area contributed by atoms with E-state index in [9.17, 15) is 27.6 Å². The van der Waals surface area contributed by atoms with E-state index in [4.69, 9.17) is 4.74 Å². The van der Waals surface area contributed by atoms with Crippen LogP contribution in [0.1, 0.15) is 50.8 Å². The summed E-state index contributed by atoms with van der Waals surface area (Å²) in [6.45, 7) is 8.32. The minimum Gasteiger partial charge on any atom is -0.463 e. The Labute approximate surface area is 221 Å². The number of nitrogens with one attached hydrogen (secondary N) is 2. The molecule has 12 heteroatoms. The zero-order chi connectivity index (χ0) is 27.9. The Kier molecular flexibility index (Phi) is 10.0. The number of halogens is 3. The maximum absolute atomic E-state index is 13.9. The van der Waals surface area contributed by atoms with E-state index < -0.39 is 29.8 Å². The van der Waals surface area contributed by atoms with Gasteiger partial charge in [0.15, 0.2) is 0 Å². The summed E-state index contributed by atoms with van der Waals surface area (Å²) < 4.78 is 47.0. The molecule has 1 aromatic rings. The van der Waals surface area contributed by atoms with Crippen LogP contribution in [0.4, 0.5) is 22.8 Å². The number of nitrogens with zero attached hydrogens (tertiary/aromatic N) is 3. The van der Waals surface area contributed by atoms with Gasteiger partial charge in [0.05, 0.1) is 23.8 Å². The molecule has 38 heavy (non-hydrogen) atoms. The van der Waals surface area contributed by atoms with Crippen LogP contribution in [0.25, 0.3) is 0 Å². The van der Waals surface area contributed by atoms with Crippen molar-refractivity contribution in [2.24, 2.45) is 0 Å². The number of amides is 4. The van der Waals surface area contributed by atoms with Crippen molar-refractivity contribution in [3.05, 3.63) is 46.7 Å². The molecule has 2 aliphatic heterocycles. The Morgan fingerprint density at radius 3 is 2.50 bits per heavy atom. The van der Waals surface area contributed by atoms with Crippen molar-refractivity contribution in [1.82, 2.24) is 25.3 Å². The van der Waals surface area contributed by atoms with Gasteiger partial charge in [-0.15, -0.1) is 0 Å². The van der Waals surface area contributed by atoms with Gasteiger partial charge in [0.2, 0.25) is 0 Å². The average Bonchev–Trinajstić information content (AvgIpc) is 3.12. The number of hydrogen-bond acceptors (Lipinski definition) is 5. The molecular weight excluding hydrogens is 503 g/mol. The third-order valence-corrected chi connectivity index (χ3v) is 6.60. The predicted molar refractivity (Wildman–Crippen MR) is 135 cm³/mol. The molecule has 0 saturated carbocycles. The fraction of sp³-hybridized carbons (Fsp3) is 0.577. The van der Waals surface area contributed by atoms with Crippen LogP contribution < -0.4 is 10.6 Å². The highest BCUT2D eigenvalue weighted by atomic mass is 19.4. The molecule has 0 spiro atoms. The third-order valence-electron chi connectivity index (χ3n) is 6.60. The Morgan fingerprint density at radius 1 is 1.11 bits per heavy atom. The molecule has 1 saturated heterocycles. The number of rotatable bonds is 8. The molecule has 0 radical (unpaired) electrons. The van der Waals surface area contributed by atoms with Gasteiger partial charge >= 0.3 is 24.2 Å².